The monoisotopic (exact) mass is 403 g/mol. The quantitative estimate of drug-likeness (QED) is 0.349. The Morgan fingerprint density at radius 1 is 0.920 bits per heavy atom. The first-order chi connectivity index (χ1) is 12.1. The van der Waals surface area contributed by atoms with Crippen molar-refractivity contribution in [1.29, 1.82) is 0 Å². The van der Waals surface area contributed by atoms with Crippen LogP contribution in [0.3, 0.4) is 0 Å². The third kappa shape index (κ3) is 5.33. The summed E-state index contributed by atoms with van der Waals surface area (Å²) in [4.78, 5) is 5.15. The van der Waals surface area contributed by atoms with Gasteiger partial charge in [0.1, 0.15) is 6.61 Å². The van der Waals surface area contributed by atoms with Crippen molar-refractivity contribution in [2.75, 3.05) is 27.4 Å². The van der Waals surface area contributed by atoms with Crippen LogP contribution in [0.15, 0.2) is 35.5 Å². The van der Waals surface area contributed by atoms with Gasteiger partial charge in [0.2, 0.25) is 0 Å². The van der Waals surface area contributed by atoms with Crippen LogP contribution in [-0.2, 0) is 4.84 Å². The van der Waals surface area contributed by atoms with Crippen LogP contribution in [0.4, 0.5) is 0 Å². The van der Waals surface area contributed by atoms with Gasteiger partial charge in [-0.05, 0) is 24.3 Å². The van der Waals surface area contributed by atoms with E-state index < -0.39 is 0 Å². The molecule has 0 saturated heterocycles. The normalized spacial score (nSPS) is 10.8. The maximum Gasteiger partial charge on any atom is 0.179 e. The van der Waals surface area contributed by atoms with E-state index in [1.54, 1.807) is 30.3 Å². The molecule has 0 aliphatic rings. The minimum Gasteiger partial charge on any atom is -0.493 e. The van der Waals surface area contributed by atoms with Crippen LogP contribution in [0, 0.1) is 0 Å². The molecule has 2 aromatic rings. The van der Waals surface area contributed by atoms with E-state index in [2.05, 4.69) is 5.16 Å². The molecule has 0 atom stereocenters. The van der Waals surface area contributed by atoms with E-state index in [9.17, 15) is 0 Å². The van der Waals surface area contributed by atoms with Gasteiger partial charge in [0, 0.05) is 5.56 Å². The molecule has 0 fully saturated rings. The number of para-hydroxylation sites is 1. The van der Waals surface area contributed by atoms with Crippen LogP contribution < -0.4 is 14.2 Å². The Morgan fingerprint density at radius 3 is 2.28 bits per heavy atom. The van der Waals surface area contributed by atoms with Crippen LogP contribution >= 0.6 is 34.8 Å². The summed E-state index contributed by atoms with van der Waals surface area (Å²) in [5, 5.41) is 5.16. The predicted molar refractivity (Wildman–Crippen MR) is 100 cm³/mol. The van der Waals surface area contributed by atoms with Gasteiger partial charge in [0.05, 0.1) is 35.5 Å². The van der Waals surface area contributed by atoms with Crippen molar-refractivity contribution < 1.29 is 19.0 Å². The van der Waals surface area contributed by atoms with Gasteiger partial charge < -0.3 is 19.0 Å². The molecule has 0 heterocycles. The topological polar surface area (TPSA) is 49.3 Å². The van der Waals surface area contributed by atoms with Gasteiger partial charge in [-0.3, -0.25) is 0 Å². The molecule has 0 aliphatic carbocycles. The summed E-state index contributed by atoms with van der Waals surface area (Å²) in [7, 11) is 3.05. The SMILES string of the molecule is COc1cc(/C=N/OCCOc2c(Cl)cccc2Cl)cc(Cl)c1OC. The molecule has 134 valence electrons. The fourth-order valence-corrected chi connectivity index (χ4v) is 2.77. The van der Waals surface area contributed by atoms with Crippen molar-refractivity contribution >= 4 is 41.0 Å². The third-order valence-corrected chi connectivity index (χ3v) is 3.95. The zero-order valence-corrected chi connectivity index (χ0v) is 15.9. The van der Waals surface area contributed by atoms with Crippen molar-refractivity contribution in [3.63, 3.8) is 0 Å². The van der Waals surface area contributed by atoms with E-state index in [0.717, 1.165) is 0 Å². The summed E-state index contributed by atoms with van der Waals surface area (Å²) in [6, 6.07) is 8.56. The van der Waals surface area contributed by atoms with Gasteiger partial charge >= 0.3 is 0 Å². The number of benzene rings is 2. The van der Waals surface area contributed by atoms with E-state index in [-0.39, 0.29) is 13.2 Å². The average Bonchev–Trinajstić information content (AvgIpc) is 2.59. The standard InChI is InChI=1S/C17H16Cl3NO4/c1-22-15-9-11(8-14(20)17(15)23-2)10-21-25-7-6-24-16-12(18)4-3-5-13(16)19/h3-5,8-10H,6-7H2,1-2H3/b21-10+. The third-order valence-electron chi connectivity index (χ3n) is 3.07. The van der Waals surface area contributed by atoms with Gasteiger partial charge in [-0.1, -0.05) is 46.0 Å². The van der Waals surface area contributed by atoms with E-state index in [1.807, 2.05) is 0 Å². The molecule has 25 heavy (non-hydrogen) atoms. The maximum absolute atomic E-state index is 6.12. The molecular formula is C17H16Cl3NO4. The molecular weight excluding hydrogens is 389 g/mol. The molecule has 0 N–H and O–H groups in total. The van der Waals surface area contributed by atoms with Gasteiger partial charge in [-0.15, -0.1) is 0 Å². The molecule has 0 aliphatic heterocycles. The summed E-state index contributed by atoms with van der Waals surface area (Å²) in [6.07, 6.45) is 1.51. The van der Waals surface area contributed by atoms with E-state index in [0.29, 0.717) is 37.9 Å². The molecule has 0 bridgehead atoms. The second kappa shape index (κ2) is 9.61. The van der Waals surface area contributed by atoms with Gasteiger partial charge in [0.25, 0.3) is 0 Å². The minimum atomic E-state index is 0.221. The molecule has 5 nitrogen and oxygen atoms in total. The lowest BCUT2D eigenvalue weighted by Crippen LogP contribution is -2.05. The highest BCUT2D eigenvalue weighted by Gasteiger charge is 2.10. The Kier molecular flexibility index (Phi) is 7.50. The Morgan fingerprint density at radius 2 is 1.64 bits per heavy atom. The van der Waals surface area contributed by atoms with E-state index >= 15 is 0 Å². The lowest BCUT2D eigenvalue weighted by Gasteiger charge is -2.10. The van der Waals surface area contributed by atoms with Crippen molar-refractivity contribution in [3.05, 3.63) is 51.0 Å². The van der Waals surface area contributed by atoms with Crippen molar-refractivity contribution in [1.82, 2.24) is 0 Å². The molecule has 0 saturated carbocycles. The smallest absolute Gasteiger partial charge is 0.179 e. The second-order valence-electron chi connectivity index (χ2n) is 4.71. The van der Waals surface area contributed by atoms with Crippen LogP contribution in [0.1, 0.15) is 5.56 Å². The number of methoxy groups -OCH3 is 2. The first-order valence-corrected chi connectivity index (χ1v) is 8.34. The number of ether oxygens (including phenoxy) is 3. The Balaban J connectivity index is 1.87. The Hall–Kier alpha value is -1.82. The lowest BCUT2D eigenvalue weighted by atomic mass is 10.2. The molecule has 0 aromatic heterocycles. The highest BCUT2D eigenvalue weighted by Crippen LogP contribution is 2.35. The molecule has 0 radical (unpaired) electrons. The Bertz CT molecular complexity index is 733. The fraction of sp³-hybridized carbons (Fsp3) is 0.235. The van der Waals surface area contributed by atoms with Gasteiger partial charge in [-0.2, -0.15) is 0 Å². The number of oxime groups is 1. The second-order valence-corrected chi connectivity index (χ2v) is 5.93. The summed E-state index contributed by atoms with van der Waals surface area (Å²) in [6.45, 7) is 0.465. The molecule has 8 heteroatoms. The largest absolute Gasteiger partial charge is 0.493 e. The number of nitrogens with zero attached hydrogens (tertiary/aromatic N) is 1. The van der Waals surface area contributed by atoms with Crippen molar-refractivity contribution in [2.45, 2.75) is 0 Å². The molecule has 0 amide bonds. The van der Waals surface area contributed by atoms with Crippen molar-refractivity contribution in [3.8, 4) is 17.2 Å². The Labute approximate surface area is 161 Å². The fourth-order valence-electron chi connectivity index (χ4n) is 1.96. The maximum atomic E-state index is 6.12. The van der Waals surface area contributed by atoms with E-state index in [4.69, 9.17) is 53.9 Å². The zero-order valence-electron chi connectivity index (χ0n) is 13.6. The number of rotatable bonds is 8. The predicted octanol–water partition coefficient (Wildman–Crippen LogP) is 5.09. The highest BCUT2D eigenvalue weighted by atomic mass is 35.5. The molecule has 2 rings (SSSR count). The zero-order chi connectivity index (χ0) is 18.2. The summed E-state index contributed by atoms with van der Waals surface area (Å²) >= 11 is 18.1. The van der Waals surface area contributed by atoms with Gasteiger partial charge in [-0.25, -0.2) is 0 Å². The van der Waals surface area contributed by atoms with E-state index in [1.165, 1.54) is 20.4 Å². The van der Waals surface area contributed by atoms with Gasteiger partial charge in [0.15, 0.2) is 23.9 Å². The van der Waals surface area contributed by atoms with Crippen LogP contribution in [0.25, 0.3) is 0 Å². The first-order valence-electron chi connectivity index (χ1n) is 7.20. The number of halogens is 3. The molecule has 2 aromatic carbocycles. The first kappa shape index (κ1) is 19.5. The number of hydrogen-bond acceptors (Lipinski definition) is 5. The number of hydrogen-bond donors (Lipinski definition) is 0. The minimum absolute atomic E-state index is 0.221. The lowest BCUT2D eigenvalue weighted by molar-refractivity contribution is 0.108. The molecule has 0 spiro atoms. The van der Waals surface area contributed by atoms with Crippen LogP contribution in [0.5, 0.6) is 17.2 Å². The average molecular weight is 405 g/mol. The summed E-state index contributed by atoms with van der Waals surface area (Å²) in [5.41, 5.74) is 0.706. The highest BCUT2D eigenvalue weighted by molar-refractivity contribution is 6.37. The van der Waals surface area contributed by atoms with Crippen LogP contribution in [0.2, 0.25) is 15.1 Å². The van der Waals surface area contributed by atoms with Crippen molar-refractivity contribution in [2.24, 2.45) is 5.16 Å². The summed E-state index contributed by atoms with van der Waals surface area (Å²) in [5.74, 6) is 1.39. The van der Waals surface area contributed by atoms with Crippen LogP contribution in [-0.4, -0.2) is 33.6 Å². The summed E-state index contributed by atoms with van der Waals surface area (Å²) < 4.78 is 15.9. The molecule has 0 unspecified atom stereocenters.